The van der Waals surface area contributed by atoms with Gasteiger partial charge in [0.15, 0.2) is 0 Å². The summed E-state index contributed by atoms with van der Waals surface area (Å²) in [5, 5.41) is 12.3. The van der Waals surface area contributed by atoms with Gasteiger partial charge in [-0.2, -0.15) is 0 Å². The van der Waals surface area contributed by atoms with E-state index in [-0.39, 0.29) is 17.7 Å². The monoisotopic (exact) mass is 269 g/mol. The van der Waals surface area contributed by atoms with E-state index in [1.807, 2.05) is 0 Å². The summed E-state index contributed by atoms with van der Waals surface area (Å²) in [6.45, 7) is 9.07. The van der Waals surface area contributed by atoms with Crippen LogP contribution in [0, 0.1) is 16.7 Å². The Kier molecular flexibility index (Phi) is 4.99. The molecule has 0 bridgehead atoms. The molecule has 19 heavy (non-hydrogen) atoms. The maximum Gasteiger partial charge on any atom is 0.310 e. The highest BCUT2D eigenvalue weighted by atomic mass is 16.4. The first-order chi connectivity index (χ1) is 8.69. The van der Waals surface area contributed by atoms with Crippen LogP contribution in [0.1, 0.15) is 59.8 Å². The molecule has 1 rings (SSSR count). The van der Waals surface area contributed by atoms with Crippen molar-refractivity contribution in [2.75, 3.05) is 6.54 Å². The molecule has 1 aliphatic carbocycles. The predicted molar refractivity (Wildman–Crippen MR) is 74.8 cm³/mol. The molecule has 0 atom stereocenters. The van der Waals surface area contributed by atoms with Gasteiger partial charge in [-0.1, -0.05) is 40.5 Å². The van der Waals surface area contributed by atoms with Gasteiger partial charge >= 0.3 is 5.97 Å². The Labute approximate surface area is 116 Å². The zero-order valence-electron chi connectivity index (χ0n) is 12.6. The van der Waals surface area contributed by atoms with Gasteiger partial charge in [0.1, 0.15) is 0 Å². The quantitative estimate of drug-likeness (QED) is 0.779. The molecule has 1 fully saturated rings. The molecule has 1 amide bonds. The molecule has 0 heterocycles. The minimum absolute atomic E-state index is 0.0295. The molecule has 0 aromatic heterocycles. The molecule has 0 spiro atoms. The summed E-state index contributed by atoms with van der Waals surface area (Å²) < 4.78 is 0. The first-order valence-corrected chi connectivity index (χ1v) is 7.20. The molecule has 4 heteroatoms. The largest absolute Gasteiger partial charge is 0.481 e. The zero-order valence-corrected chi connectivity index (χ0v) is 12.6. The Balaban J connectivity index is 2.53. The smallest absolute Gasteiger partial charge is 0.310 e. The van der Waals surface area contributed by atoms with Gasteiger partial charge in [-0.3, -0.25) is 9.59 Å². The summed E-state index contributed by atoms with van der Waals surface area (Å²) in [4.78, 5) is 23.4. The van der Waals surface area contributed by atoms with Gasteiger partial charge < -0.3 is 10.4 Å². The number of hydrogen-bond donors (Lipinski definition) is 2. The average Bonchev–Trinajstić information content (AvgIpc) is 2.76. The van der Waals surface area contributed by atoms with Crippen molar-refractivity contribution in [1.29, 1.82) is 0 Å². The third kappa shape index (κ3) is 3.95. The second-order valence-electron chi connectivity index (χ2n) is 6.89. The molecule has 1 aliphatic rings. The van der Waals surface area contributed by atoms with Crippen molar-refractivity contribution in [3.05, 3.63) is 0 Å². The van der Waals surface area contributed by atoms with E-state index >= 15 is 0 Å². The zero-order chi connectivity index (χ0) is 14.7. The first kappa shape index (κ1) is 16.0. The van der Waals surface area contributed by atoms with E-state index in [4.69, 9.17) is 0 Å². The molecule has 0 unspecified atom stereocenters. The van der Waals surface area contributed by atoms with Crippen LogP contribution >= 0.6 is 0 Å². The van der Waals surface area contributed by atoms with Gasteiger partial charge in [-0.15, -0.1) is 0 Å². The van der Waals surface area contributed by atoms with E-state index < -0.39 is 11.4 Å². The highest BCUT2D eigenvalue weighted by Crippen LogP contribution is 2.41. The fraction of sp³-hybridized carbons (Fsp3) is 0.867. The standard InChI is InChI=1S/C15H27NO3/c1-11(2)14(3,4)10-16-12(17)9-15(13(18)19)7-5-6-8-15/h11H,5-10H2,1-4H3,(H,16,17)(H,18,19). The van der Waals surface area contributed by atoms with Crippen LogP contribution in [0.2, 0.25) is 0 Å². The van der Waals surface area contributed by atoms with Gasteiger partial charge in [0.25, 0.3) is 0 Å². The number of carbonyl (C=O) groups excluding carboxylic acids is 1. The van der Waals surface area contributed by atoms with Crippen LogP contribution in [-0.4, -0.2) is 23.5 Å². The van der Waals surface area contributed by atoms with Crippen LogP contribution in [0.5, 0.6) is 0 Å². The number of carbonyl (C=O) groups is 2. The second kappa shape index (κ2) is 5.93. The Hall–Kier alpha value is -1.06. The number of carboxylic acid groups (broad SMARTS) is 1. The van der Waals surface area contributed by atoms with Crippen LogP contribution < -0.4 is 5.32 Å². The van der Waals surface area contributed by atoms with Crippen LogP contribution in [0.15, 0.2) is 0 Å². The van der Waals surface area contributed by atoms with E-state index in [2.05, 4.69) is 33.0 Å². The Morgan fingerprint density at radius 2 is 1.79 bits per heavy atom. The van der Waals surface area contributed by atoms with Gasteiger partial charge in [0.2, 0.25) is 5.91 Å². The number of amides is 1. The Bertz CT molecular complexity index is 341. The lowest BCUT2D eigenvalue weighted by atomic mass is 9.80. The normalized spacial score (nSPS) is 18.6. The van der Waals surface area contributed by atoms with Gasteiger partial charge in [-0.05, 0) is 24.2 Å². The van der Waals surface area contributed by atoms with Crippen LogP contribution in [0.4, 0.5) is 0 Å². The Morgan fingerprint density at radius 1 is 1.26 bits per heavy atom. The van der Waals surface area contributed by atoms with Crippen molar-refractivity contribution in [2.24, 2.45) is 16.7 Å². The number of hydrogen-bond acceptors (Lipinski definition) is 2. The van der Waals surface area contributed by atoms with Crippen molar-refractivity contribution in [3.63, 3.8) is 0 Å². The lowest BCUT2D eigenvalue weighted by Crippen LogP contribution is -2.40. The maximum absolute atomic E-state index is 12.0. The molecule has 0 aliphatic heterocycles. The summed E-state index contributed by atoms with van der Waals surface area (Å²) in [5.41, 5.74) is -0.784. The number of carboxylic acids is 1. The van der Waals surface area contributed by atoms with Gasteiger partial charge in [0.05, 0.1) is 5.41 Å². The SMILES string of the molecule is CC(C)C(C)(C)CNC(=O)CC1(C(=O)O)CCCC1. The fourth-order valence-corrected chi connectivity index (χ4v) is 2.42. The molecule has 110 valence electrons. The average molecular weight is 269 g/mol. The first-order valence-electron chi connectivity index (χ1n) is 7.20. The van der Waals surface area contributed by atoms with Crippen LogP contribution in [0.25, 0.3) is 0 Å². The fourth-order valence-electron chi connectivity index (χ4n) is 2.42. The topological polar surface area (TPSA) is 66.4 Å². The maximum atomic E-state index is 12.0. The summed E-state index contributed by atoms with van der Waals surface area (Å²) >= 11 is 0. The van der Waals surface area contributed by atoms with E-state index in [0.29, 0.717) is 25.3 Å². The molecule has 0 saturated heterocycles. The second-order valence-corrected chi connectivity index (χ2v) is 6.89. The predicted octanol–water partition coefficient (Wildman–Crippen LogP) is 2.82. The number of aliphatic carboxylic acids is 1. The third-order valence-electron chi connectivity index (χ3n) is 4.82. The lowest BCUT2D eigenvalue weighted by molar-refractivity contribution is -0.151. The molecule has 0 radical (unpaired) electrons. The van der Waals surface area contributed by atoms with Crippen molar-refractivity contribution < 1.29 is 14.7 Å². The summed E-state index contributed by atoms with van der Waals surface area (Å²) in [6, 6.07) is 0. The van der Waals surface area contributed by atoms with Crippen LogP contribution in [0.3, 0.4) is 0 Å². The molecule has 4 nitrogen and oxygen atoms in total. The van der Waals surface area contributed by atoms with E-state index in [1.54, 1.807) is 0 Å². The van der Waals surface area contributed by atoms with Gasteiger partial charge in [0, 0.05) is 13.0 Å². The minimum Gasteiger partial charge on any atom is -0.481 e. The third-order valence-corrected chi connectivity index (χ3v) is 4.82. The molecule has 0 aromatic carbocycles. The highest BCUT2D eigenvalue weighted by Gasteiger charge is 2.43. The molecule has 2 N–H and O–H groups in total. The van der Waals surface area contributed by atoms with E-state index in [9.17, 15) is 14.7 Å². The lowest BCUT2D eigenvalue weighted by Gasteiger charge is -2.30. The van der Waals surface area contributed by atoms with Crippen molar-refractivity contribution >= 4 is 11.9 Å². The molecular weight excluding hydrogens is 242 g/mol. The molecular formula is C15H27NO3. The summed E-state index contributed by atoms with van der Waals surface area (Å²) in [5.74, 6) is -0.478. The number of nitrogens with one attached hydrogen (secondary N) is 1. The van der Waals surface area contributed by atoms with Crippen molar-refractivity contribution in [1.82, 2.24) is 5.32 Å². The van der Waals surface area contributed by atoms with Crippen LogP contribution in [-0.2, 0) is 9.59 Å². The number of rotatable bonds is 6. The summed E-state index contributed by atoms with van der Waals surface area (Å²) in [6.07, 6.45) is 3.21. The minimum atomic E-state index is -0.816. The van der Waals surface area contributed by atoms with E-state index in [0.717, 1.165) is 12.8 Å². The molecule has 1 saturated carbocycles. The summed E-state index contributed by atoms with van der Waals surface area (Å²) in [7, 11) is 0. The van der Waals surface area contributed by atoms with Crippen molar-refractivity contribution in [3.8, 4) is 0 Å². The molecule has 0 aromatic rings. The highest BCUT2D eigenvalue weighted by molar-refractivity contribution is 5.85. The van der Waals surface area contributed by atoms with E-state index in [1.165, 1.54) is 0 Å². The Morgan fingerprint density at radius 3 is 2.21 bits per heavy atom. The van der Waals surface area contributed by atoms with Crippen molar-refractivity contribution in [2.45, 2.75) is 59.8 Å². The van der Waals surface area contributed by atoms with Gasteiger partial charge in [-0.25, -0.2) is 0 Å².